The molecule has 0 radical (unpaired) electrons. The summed E-state index contributed by atoms with van der Waals surface area (Å²) in [6, 6.07) is 12.3. The van der Waals surface area contributed by atoms with Crippen molar-refractivity contribution in [2.45, 2.75) is 19.8 Å². The zero-order chi connectivity index (χ0) is 19.6. The average Bonchev–Trinajstić information content (AvgIpc) is 3.10. The number of fused-ring (bicyclic) bond motifs is 1. The predicted molar refractivity (Wildman–Crippen MR) is 105 cm³/mol. The third-order valence-corrected chi connectivity index (χ3v) is 4.65. The Morgan fingerprint density at radius 3 is 2.56 bits per heavy atom. The van der Waals surface area contributed by atoms with Crippen molar-refractivity contribution in [2.75, 3.05) is 30.9 Å². The molecule has 0 spiro atoms. The van der Waals surface area contributed by atoms with E-state index in [-0.39, 0.29) is 17.7 Å². The topological polar surface area (TPSA) is 69.7 Å². The molecule has 0 aliphatic carbocycles. The normalized spacial score (nSPS) is 12.5. The van der Waals surface area contributed by atoms with Gasteiger partial charge in [0.1, 0.15) is 0 Å². The van der Waals surface area contributed by atoms with Gasteiger partial charge in [-0.3, -0.25) is 14.4 Å². The molecule has 0 bridgehead atoms. The van der Waals surface area contributed by atoms with Crippen molar-refractivity contribution in [1.82, 2.24) is 4.90 Å². The van der Waals surface area contributed by atoms with E-state index in [0.717, 1.165) is 17.7 Å². The molecule has 27 heavy (non-hydrogen) atoms. The van der Waals surface area contributed by atoms with Gasteiger partial charge in [0.15, 0.2) is 0 Å². The molecule has 1 N–H and O–H groups in total. The number of hydrogen-bond acceptors (Lipinski definition) is 3. The summed E-state index contributed by atoms with van der Waals surface area (Å²) < 4.78 is 0. The second kappa shape index (κ2) is 7.61. The minimum atomic E-state index is -0.280. The number of benzene rings is 2. The Kier molecular flexibility index (Phi) is 5.26. The van der Waals surface area contributed by atoms with E-state index >= 15 is 0 Å². The molecule has 0 aromatic heterocycles. The van der Waals surface area contributed by atoms with Gasteiger partial charge in [0.2, 0.25) is 5.91 Å². The van der Waals surface area contributed by atoms with Crippen molar-refractivity contribution >= 4 is 29.1 Å². The van der Waals surface area contributed by atoms with Gasteiger partial charge in [-0.25, -0.2) is 0 Å². The van der Waals surface area contributed by atoms with Gasteiger partial charge in [-0.05, 0) is 42.3 Å². The van der Waals surface area contributed by atoms with Crippen LogP contribution in [0.4, 0.5) is 11.4 Å². The van der Waals surface area contributed by atoms with Gasteiger partial charge in [-0.2, -0.15) is 0 Å². The minimum Gasteiger partial charge on any atom is -0.345 e. The fraction of sp³-hybridized carbons (Fsp3) is 0.286. The fourth-order valence-corrected chi connectivity index (χ4v) is 3.21. The van der Waals surface area contributed by atoms with E-state index < -0.39 is 0 Å². The summed E-state index contributed by atoms with van der Waals surface area (Å²) in [6.45, 7) is 2.49. The van der Waals surface area contributed by atoms with E-state index in [9.17, 15) is 14.4 Å². The van der Waals surface area contributed by atoms with Gasteiger partial charge in [0.05, 0.1) is 11.3 Å². The van der Waals surface area contributed by atoms with Gasteiger partial charge in [-0.15, -0.1) is 0 Å². The first-order chi connectivity index (χ1) is 12.9. The van der Waals surface area contributed by atoms with Gasteiger partial charge in [0, 0.05) is 38.3 Å². The number of rotatable bonds is 4. The number of nitrogens with zero attached hydrogens (tertiary/aromatic N) is 2. The van der Waals surface area contributed by atoms with Crippen LogP contribution in [0.5, 0.6) is 0 Å². The van der Waals surface area contributed by atoms with Gasteiger partial charge in [0.25, 0.3) is 11.8 Å². The third kappa shape index (κ3) is 3.69. The van der Waals surface area contributed by atoms with E-state index in [1.807, 2.05) is 19.1 Å². The van der Waals surface area contributed by atoms with Crippen molar-refractivity contribution in [3.8, 4) is 0 Å². The molecule has 1 aliphatic rings. The highest BCUT2D eigenvalue weighted by Gasteiger charge is 2.24. The highest BCUT2D eigenvalue weighted by atomic mass is 16.2. The van der Waals surface area contributed by atoms with Crippen molar-refractivity contribution in [3.05, 3.63) is 59.2 Å². The molecule has 3 rings (SSSR count). The first-order valence-electron chi connectivity index (χ1n) is 8.97. The van der Waals surface area contributed by atoms with E-state index in [1.54, 1.807) is 49.3 Å². The molecule has 6 nitrogen and oxygen atoms in total. The Morgan fingerprint density at radius 1 is 1.11 bits per heavy atom. The Hall–Kier alpha value is -3.15. The molecule has 2 aromatic carbocycles. The Morgan fingerprint density at radius 2 is 1.85 bits per heavy atom. The van der Waals surface area contributed by atoms with Crippen LogP contribution < -0.4 is 10.2 Å². The van der Waals surface area contributed by atoms with E-state index in [4.69, 9.17) is 0 Å². The van der Waals surface area contributed by atoms with Crippen LogP contribution in [-0.2, 0) is 11.2 Å². The van der Waals surface area contributed by atoms with E-state index in [1.165, 1.54) is 4.90 Å². The number of anilines is 2. The lowest BCUT2D eigenvalue weighted by Gasteiger charge is -2.17. The summed E-state index contributed by atoms with van der Waals surface area (Å²) in [6.07, 6.45) is 1.19. The summed E-state index contributed by atoms with van der Waals surface area (Å²) in [5.74, 6) is -0.368. The van der Waals surface area contributed by atoms with Crippen molar-refractivity contribution < 1.29 is 14.4 Å². The molecule has 0 unspecified atom stereocenters. The summed E-state index contributed by atoms with van der Waals surface area (Å²) in [5.41, 5.74) is 3.29. The number of nitrogens with one attached hydrogen (secondary N) is 1. The monoisotopic (exact) mass is 365 g/mol. The van der Waals surface area contributed by atoms with Crippen LogP contribution in [0.25, 0.3) is 0 Å². The molecular formula is C21H23N3O3. The van der Waals surface area contributed by atoms with E-state index in [2.05, 4.69) is 5.32 Å². The lowest BCUT2D eigenvalue weighted by Crippen LogP contribution is -2.27. The summed E-state index contributed by atoms with van der Waals surface area (Å²) in [4.78, 5) is 40.3. The van der Waals surface area contributed by atoms with Gasteiger partial charge < -0.3 is 15.1 Å². The highest BCUT2D eigenvalue weighted by Crippen LogP contribution is 2.29. The van der Waals surface area contributed by atoms with Crippen LogP contribution in [0.3, 0.4) is 0 Å². The van der Waals surface area contributed by atoms with Crippen molar-refractivity contribution in [3.63, 3.8) is 0 Å². The molecule has 0 saturated carbocycles. The van der Waals surface area contributed by atoms with Gasteiger partial charge in [-0.1, -0.05) is 19.1 Å². The molecular weight excluding hydrogens is 342 g/mol. The molecule has 0 saturated heterocycles. The molecule has 2 aromatic rings. The van der Waals surface area contributed by atoms with Crippen molar-refractivity contribution in [2.24, 2.45) is 0 Å². The quantitative estimate of drug-likeness (QED) is 0.906. The summed E-state index contributed by atoms with van der Waals surface area (Å²) >= 11 is 0. The zero-order valence-electron chi connectivity index (χ0n) is 15.8. The van der Waals surface area contributed by atoms with Crippen LogP contribution in [-0.4, -0.2) is 43.3 Å². The van der Waals surface area contributed by atoms with Crippen LogP contribution in [0.2, 0.25) is 0 Å². The Balaban J connectivity index is 1.83. The first kappa shape index (κ1) is 18.6. The maximum absolute atomic E-state index is 12.7. The average molecular weight is 365 g/mol. The number of carbonyl (C=O) groups is 3. The number of hydrogen-bond donors (Lipinski definition) is 1. The smallest absolute Gasteiger partial charge is 0.255 e. The highest BCUT2D eigenvalue weighted by molar-refractivity contribution is 6.09. The molecule has 6 heteroatoms. The maximum atomic E-state index is 12.7. The maximum Gasteiger partial charge on any atom is 0.255 e. The predicted octanol–water partition coefficient (Wildman–Crippen LogP) is 2.94. The van der Waals surface area contributed by atoms with Crippen LogP contribution >= 0.6 is 0 Å². The Bertz CT molecular complexity index is 905. The SMILES string of the molecule is CCC(=O)N1CCc2cc(C(=O)Nc3ccccc3C(=O)N(C)C)ccc21. The number of carbonyl (C=O) groups excluding carboxylic acids is 3. The molecule has 3 amide bonds. The lowest BCUT2D eigenvalue weighted by atomic mass is 10.1. The standard InChI is InChI=1S/C21H23N3O3/c1-4-19(25)24-12-11-14-13-15(9-10-18(14)24)20(26)22-17-8-6-5-7-16(17)21(27)23(2)3/h5-10,13H,4,11-12H2,1-3H3,(H,22,26). The third-order valence-electron chi connectivity index (χ3n) is 4.65. The van der Waals surface area contributed by atoms with Crippen LogP contribution in [0.15, 0.2) is 42.5 Å². The number of amides is 3. The zero-order valence-corrected chi connectivity index (χ0v) is 15.8. The molecule has 0 atom stereocenters. The molecule has 140 valence electrons. The summed E-state index contributed by atoms with van der Waals surface area (Å²) in [5, 5.41) is 2.83. The summed E-state index contributed by atoms with van der Waals surface area (Å²) in [7, 11) is 3.34. The molecule has 0 fully saturated rings. The lowest BCUT2D eigenvalue weighted by molar-refractivity contribution is -0.118. The molecule has 1 heterocycles. The molecule has 1 aliphatic heterocycles. The van der Waals surface area contributed by atoms with Gasteiger partial charge >= 0.3 is 0 Å². The van der Waals surface area contributed by atoms with Crippen molar-refractivity contribution in [1.29, 1.82) is 0 Å². The second-order valence-corrected chi connectivity index (χ2v) is 6.69. The number of para-hydroxylation sites is 1. The largest absolute Gasteiger partial charge is 0.345 e. The van der Waals surface area contributed by atoms with E-state index in [0.29, 0.717) is 29.8 Å². The second-order valence-electron chi connectivity index (χ2n) is 6.69. The fourth-order valence-electron chi connectivity index (χ4n) is 3.21. The van der Waals surface area contributed by atoms with Crippen LogP contribution in [0, 0.1) is 0 Å². The van der Waals surface area contributed by atoms with Crippen LogP contribution in [0.1, 0.15) is 39.6 Å². The minimum absolute atomic E-state index is 0.0853. The Labute approximate surface area is 158 Å². The first-order valence-corrected chi connectivity index (χ1v) is 8.97.